The lowest BCUT2D eigenvalue weighted by atomic mass is 10.2. The number of rotatable bonds is 6. The van der Waals surface area contributed by atoms with Crippen LogP contribution in [0.3, 0.4) is 0 Å². The van der Waals surface area contributed by atoms with Crippen LogP contribution in [0, 0.1) is 3.70 Å². The van der Waals surface area contributed by atoms with Crippen molar-refractivity contribution in [3.05, 3.63) is 33.9 Å². The van der Waals surface area contributed by atoms with Crippen molar-refractivity contribution in [1.82, 2.24) is 14.5 Å². The highest BCUT2D eigenvalue weighted by atomic mass is 127. The molecule has 2 aromatic rings. The Bertz CT molecular complexity index is 768. The lowest BCUT2D eigenvalue weighted by molar-refractivity contribution is 0.268. The van der Waals surface area contributed by atoms with Crippen LogP contribution in [0.4, 0.5) is 0 Å². The number of hydrogen-bond acceptors (Lipinski definition) is 4. The number of thioether (sulfide) groups is 1. The highest BCUT2D eigenvalue weighted by Gasteiger charge is 2.37. The molecule has 0 unspecified atom stereocenters. The van der Waals surface area contributed by atoms with E-state index >= 15 is 0 Å². The summed E-state index contributed by atoms with van der Waals surface area (Å²) < 4.78 is 9.86. The van der Waals surface area contributed by atoms with E-state index in [0.717, 1.165) is 20.2 Å². The molecule has 3 rings (SSSR count). The summed E-state index contributed by atoms with van der Waals surface area (Å²) >= 11 is 4.28. The van der Waals surface area contributed by atoms with Crippen LogP contribution in [-0.4, -0.2) is 28.1 Å². The molecule has 0 atom stereocenters. The van der Waals surface area contributed by atoms with Gasteiger partial charge in [-0.25, -0.2) is 4.98 Å². The first-order valence-corrected chi connectivity index (χ1v) is 14.5. The summed E-state index contributed by atoms with van der Waals surface area (Å²) in [5.74, 6) is 0. The predicted octanol–water partition coefficient (Wildman–Crippen LogP) is 6.43. The molecule has 1 fully saturated rings. The molecule has 7 heteroatoms. The van der Waals surface area contributed by atoms with E-state index in [2.05, 4.69) is 72.1 Å². The zero-order chi connectivity index (χ0) is 19.7. The third-order valence-electron chi connectivity index (χ3n) is 5.75. The molecule has 27 heavy (non-hydrogen) atoms. The second kappa shape index (κ2) is 8.55. The number of hydrogen-bond donors (Lipinski definition) is 0. The minimum atomic E-state index is -1.83. The minimum Gasteiger partial charge on any atom is -0.411 e. The molecule has 2 heterocycles. The van der Waals surface area contributed by atoms with Crippen molar-refractivity contribution < 1.29 is 4.43 Å². The normalized spacial score (nSPS) is 16.2. The monoisotopic (exact) mass is 515 g/mol. The maximum atomic E-state index is 6.55. The van der Waals surface area contributed by atoms with Crippen molar-refractivity contribution in [2.75, 3.05) is 0 Å². The maximum Gasteiger partial charge on any atom is 0.192 e. The molecule has 4 nitrogen and oxygen atoms in total. The number of pyridine rings is 1. The Hall–Kier alpha value is -0.383. The summed E-state index contributed by atoms with van der Waals surface area (Å²) in [6.45, 7) is 12.1. The van der Waals surface area contributed by atoms with Gasteiger partial charge in [0.15, 0.2) is 13.5 Å². The molecule has 0 N–H and O–H groups in total. The molecule has 1 saturated carbocycles. The van der Waals surface area contributed by atoms with E-state index in [-0.39, 0.29) is 5.04 Å². The molecule has 1 aliphatic carbocycles. The third kappa shape index (κ3) is 4.97. The highest BCUT2D eigenvalue weighted by molar-refractivity contribution is 14.1. The fraction of sp³-hybridized carbons (Fsp3) is 0.600. The molecule has 0 saturated heterocycles. The topological polar surface area (TPSA) is 39.9 Å². The van der Waals surface area contributed by atoms with Crippen molar-refractivity contribution in [1.29, 1.82) is 0 Å². The third-order valence-corrected chi connectivity index (χ3v) is 12.4. The van der Waals surface area contributed by atoms with Gasteiger partial charge in [-0.15, -0.1) is 0 Å². The van der Waals surface area contributed by atoms with Crippen LogP contribution in [0.15, 0.2) is 29.7 Å². The zero-order valence-corrected chi connectivity index (χ0v) is 20.9. The van der Waals surface area contributed by atoms with Crippen LogP contribution < -0.4 is 0 Å². The van der Waals surface area contributed by atoms with Gasteiger partial charge in [0, 0.05) is 11.4 Å². The minimum absolute atomic E-state index is 0.193. The molecule has 1 aliphatic rings. The van der Waals surface area contributed by atoms with Crippen LogP contribution in [0.1, 0.15) is 52.1 Å². The van der Waals surface area contributed by atoms with Crippen LogP contribution >= 0.6 is 34.4 Å². The molecule has 0 bridgehead atoms. The Morgan fingerprint density at radius 1 is 1.30 bits per heavy atom. The average Bonchev–Trinajstić information content (AvgIpc) is 3.21. The Morgan fingerprint density at radius 2 is 2.00 bits per heavy atom. The summed E-state index contributed by atoms with van der Waals surface area (Å²) in [4.78, 5) is 9.27. The van der Waals surface area contributed by atoms with E-state index in [9.17, 15) is 0 Å². The van der Waals surface area contributed by atoms with E-state index in [1.807, 2.05) is 30.2 Å². The molecule has 0 radical (unpaired) electrons. The molecule has 0 spiro atoms. The van der Waals surface area contributed by atoms with Crippen LogP contribution in [0.2, 0.25) is 18.1 Å². The molecule has 0 amide bonds. The zero-order valence-electron chi connectivity index (χ0n) is 17.0. The summed E-state index contributed by atoms with van der Waals surface area (Å²) in [5, 5.41) is 1.94. The summed E-state index contributed by atoms with van der Waals surface area (Å²) in [5.41, 5.74) is 2.22. The fourth-order valence-corrected chi connectivity index (χ4v) is 6.03. The van der Waals surface area contributed by atoms with E-state index in [0.29, 0.717) is 11.9 Å². The predicted molar refractivity (Wildman–Crippen MR) is 124 cm³/mol. The Balaban J connectivity index is 1.93. The quantitative estimate of drug-likeness (QED) is 0.329. The van der Waals surface area contributed by atoms with Gasteiger partial charge < -0.3 is 4.43 Å². The van der Waals surface area contributed by atoms with E-state index in [1.165, 1.54) is 25.7 Å². The Morgan fingerprint density at radius 3 is 2.59 bits per heavy atom. The van der Waals surface area contributed by atoms with Crippen molar-refractivity contribution in [3.8, 4) is 5.69 Å². The second-order valence-corrected chi connectivity index (χ2v) is 15.9. The first kappa shape index (κ1) is 21.3. The van der Waals surface area contributed by atoms with E-state index in [4.69, 9.17) is 9.41 Å². The van der Waals surface area contributed by atoms with Gasteiger partial charge >= 0.3 is 0 Å². The number of nitrogens with zero attached hydrogens (tertiary/aromatic N) is 3. The van der Waals surface area contributed by atoms with Crippen LogP contribution in [0.5, 0.6) is 0 Å². The molecule has 0 aliphatic heterocycles. The fourth-order valence-electron chi connectivity index (χ4n) is 2.98. The van der Waals surface area contributed by atoms with Gasteiger partial charge in [0.25, 0.3) is 0 Å². The Kier molecular flexibility index (Phi) is 6.75. The van der Waals surface area contributed by atoms with Gasteiger partial charge in [0.05, 0.1) is 24.2 Å². The van der Waals surface area contributed by atoms with Gasteiger partial charge in [-0.05, 0) is 65.7 Å². The Labute approximate surface area is 182 Å². The number of imidazole rings is 1. The van der Waals surface area contributed by atoms with Crippen LogP contribution in [-0.2, 0) is 11.0 Å². The average molecular weight is 516 g/mol. The maximum absolute atomic E-state index is 6.55. The first-order chi connectivity index (χ1) is 12.7. The summed E-state index contributed by atoms with van der Waals surface area (Å²) in [7, 11) is -1.83. The summed E-state index contributed by atoms with van der Waals surface area (Å²) in [6, 6.07) is 4.10. The van der Waals surface area contributed by atoms with Crippen molar-refractivity contribution >= 4 is 42.7 Å². The smallest absolute Gasteiger partial charge is 0.192 e. The molecule has 148 valence electrons. The van der Waals surface area contributed by atoms with Crippen LogP contribution in [0.25, 0.3) is 5.69 Å². The standard InChI is InChI=1S/C20H30IN3OSSi/c1-20(2,3)27(4,5)25-14-17-18(21)23-19(26-16-10-6-7-11-16)24(17)15-9-8-12-22-13-15/h8-9,12-13,16H,6-7,10-11,14H2,1-5H3. The van der Waals surface area contributed by atoms with Gasteiger partial charge in [0.1, 0.15) is 3.70 Å². The van der Waals surface area contributed by atoms with E-state index < -0.39 is 8.32 Å². The van der Waals surface area contributed by atoms with Gasteiger partial charge in [-0.3, -0.25) is 9.55 Å². The molecule has 2 aromatic heterocycles. The summed E-state index contributed by atoms with van der Waals surface area (Å²) in [6.07, 6.45) is 8.99. The molecular formula is C20H30IN3OSSi. The van der Waals surface area contributed by atoms with Gasteiger partial charge in [0.2, 0.25) is 0 Å². The van der Waals surface area contributed by atoms with E-state index in [1.54, 1.807) is 0 Å². The second-order valence-electron chi connectivity index (χ2n) is 8.75. The number of halogens is 1. The lowest BCUT2D eigenvalue weighted by Gasteiger charge is -2.36. The van der Waals surface area contributed by atoms with Gasteiger partial charge in [-0.1, -0.05) is 45.4 Å². The lowest BCUT2D eigenvalue weighted by Crippen LogP contribution is -2.40. The largest absolute Gasteiger partial charge is 0.411 e. The highest BCUT2D eigenvalue weighted by Crippen LogP contribution is 2.39. The SMILES string of the molecule is CC(C)(C)[Si](C)(C)OCc1c(I)nc(SC2CCCC2)n1-c1cccnc1. The molecular weight excluding hydrogens is 485 g/mol. The van der Waals surface area contributed by atoms with Crippen molar-refractivity contribution in [2.45, 2.75) is 81.6 Å². The van der Waals surface area contributed by atoms with Crippen molar-refractivity contribution in [2.24, 2.45) is 0 Å². The van der Waals surface area contributed by atoms with Crippen molar-refractivity contribution in [3.63, 3.8) is 0 Å². The van der Waals surface area contributed by atoms with Gasteiger partial charge in [-0.2, -0.15) is 0 Å². The number of aromatic nitrogens is 3. The molecule has 0 aromatic carbocycles. The first-order valence-electron chi connectivity index (χ1n) is 9.67.